The molecule has 2 aromatic rings. The van der Waals surface area contributed by atoms with Crippen molar-refractivity contribution in [3.63, 3.8) is 0 Å². The summed E-state index contributed by atoms with van der Waals surface area (Å²) in [4.78, 5) is 13.0. The molecule has 22 heavy (non-hydrogen) atoms. The highest BCUT2D eigenvalue weighted by Gasteiger charge is 2.45. The van der Waals surface area contributed by atoms with Gasteiger partial charge in [-0.15, -0.1) is 11.3 Å². The average molecular weight is 315 g/mol. The second-order valence-corrected chi connectivity index (χ2v) is 6.89. The van der Waals surface area contributed by atoms with E-state index in [0.717, 1.165) is 29.7 Å². The Morgan fingerprint density at radius 3 is 2.64 bits per heavy atom. The molecule has 1 aromatic carbocycles. The van der Waals surface area contributed by atoms with Gasteiger partial charge in [-0.05, 0) is 42.2 Å². The van der Waals surface area contributed by atoms with Gasteiger partial charge in [0.15, 0.2) is 0 Å². The summed E-state index contributed by atoms with van der Waals surface area (Å²) in [5.74, 6) is 0.278. The summed E-state index contributed by atoms with van der Waals surface area (Å²) in [5, 5.41) is 15.8. The van der Waals surface area contributed by atoms with Crippen LogP contribution in [0.4, 0.5) is 0 Å². The number of nitrogens with one attached hydrogen (secondary N) is 1. The van der Waals surface area contributed by atoms with Crippen LogP contribution < -0.4 is 5.32 Å². The largest absolute Gasteiger partial charge is 0.382 e. The highest BCUT2D eigenvalue weighted by molar-refractivity contribution is 7.10. The van der Waals surface area contributed by atoms with Crippen molar-refractivity contribution in [3.05, 3.63) is 58.3 Å². The van der Waals surface area contributed by atoms with E-state index >= 15 is 0 Å². The van der Waals surface area contributed by atoms with Gasteiger partial charge in [0.25, 0.3) is 0 Å². The molecule has 1 saturated carbocycles. The number of thiophene rings is 1. The first-order chi connectivity index (χ1) is 10.7. The van der Waals surface area contributed by atoms with E-state index in [0.29, 0.717) is 13.0 Å². The fraction of sp³-hybridized carbons (Fsp3) is 0.389. The first-order valence-corrected chi connectivity index (χ1v) is 8.63. The third kappa shape index (κ3) is 3.57. The fourth-order valence-corrected chi connectivity index (χ4v) is 3.65. The van der Waals surface area contributed by atoms with Gasteiger partial charge in [0.2, 0.25) is 5.91 Å². The van der Waals surface area contributed by atoms with E-state index in [9.17, 15) is 9.90 Å². The van der Waals surface area contributed by atoms with Gasteiger partial charge in [-0.3, -0.25) is 4.79 Å². The highest BCUT2D eigenvalue weighted by atomic mass is 32.1. The summed E-state index contributed by atoms with van der Waals surface area (Å²) in [7, 11) is 0. The van der Waals surface area contributed by atoms with Gasteiger partial charge in [-0.1, -0.05) is 36.4 Å². The van der Waals surface area contributed by atoms with E-state index in [1.54, 1.807) is 11.3 Å². The van der Waals surface area contributed by atoms with Crippen molar-refractivity contribution in [2.24, 2.45) is 5.92 Å². The third-order valence-corrected chi connectivity index (χ3v) is 5.28. The van der Waals surface area contributed by atoms with Crippen LogP contribution in [0.5, 0.6) is 0 Å². The van der Waals surface area contributed by atoms with Crippen LogP contribution in [-0.4, -0.2) is 17.6 Å². The summed E-state index contributed by atoms with van der Waals surface area (Å²) in [5.41, 5.74) is 0.268. The van der Waals surface area contributed by atoms with Crippen molar-refractivity contribution in [1.82, 2.24) is 5.32 Å². The van der Waals surface area contributed by atoms with Crippen LogP contribution in [0.25, 0.3) is 0 Å². The first kappa shape index (κ1) is 15.3. The smallest absolute Gasteiger partial charge is 0.220 e. The Bertz CT molecular complexity index is 607. The Labute approximate surface area is 135 Å². The van der Waals surface area contributed by atoms with E-state index in [1.807, 2.05) is 47.8 Å². The Hall–Kier alpha value is -1.65. The van der Waals surface area contributed by atoms with Crippen molar-refractivity contribution >= 4 is 17.2 Å². The van der Waals surface area contributed by atoms with Crippen molar-refractivity contribution in [1.29, 1.82) is 0 Å². The minimum Gasteiger partial charge on any atom is -0.382 e. The molecule has 1 amide bonds. The zero-order chi connectivity index (χ0) is 15.4. The molecule has 4 heteroatoms. The second-order valence-electron chi connectivity index (χ2n) is 5.94. The molecule has 1 heterocycles. The van der Waals surface area contributed by atoms with Crippen molar-refractivity contribution < 1.29 is 9.90 Å². The van der Waals surface area contributed by atoms with Crippen LogP contribution >= 0.6 is 11.3 Å². The molecule has 3 rings (SSSR count). The number of rotatable bonds is 7. The molecular weight excluding hydrogens is 294 g/mol. The molecule has 1 aromatic heterocycles. The minimum atomic E-state index is -0.892. The molecule has 2 N–H and O–H groups in total. The first-order valence-electron chi connectivity index (χ1n) is 7.75. The molecule has 0 saturated heterocycles. The number of amides is 1. The number of carbonyl (C=O) groups is 1. The van der Waals surface area contributed by atoms with Gasteiger partial charge >= 0.3 is 0 Å². The van der Waals surface area contributed by atoms with Gasteiger partial charge in [0.1, 0.15) is 5.60 Å². The second kappa shape index (κ2) is 6.63. The molecule has 0 radical (unpaired) electrons. The Kier molecular flexibility index (Phi) is 4.60. The van der Waals surface area contributed by atoms with Gasteiger partial charge in [-0.2, -0.15) is 0 Å². The van der Waals surface area contributed by atoms with Crippen LogP contribution in [0.1, 0.15) is 29.7 Å². The van der Waals surface area contributed by atoms with Gasteiger partial charge in [0, 0.05) is 11.3 Å². The lowest BCUT2D eigenvalue weighted by Crippen LogP contribution is -2.42. The molecule has 0 spiro atoms. The zero-order valence-corrected chi connectivity index (χ0v) is 13.3. The molecule has 1 atom stereocenters. The van der Waals surface area contributed by atoms with Gasteiger partial charge in [-0.25, -0.2) is 0 Å². The lowest BCUT2D eigenvalue weighted by molar-refractivity contribution is -0.122. The fourth-order valence-electron chi connectivity index (χ4n) is 2.74. The number of carbonyl (C=O) groups excluding carboxylic acids is 1. The third-order valence-electron chi connectivity index (χ3n) is 4.24. The Morgan fingerprint density at radius 2 is 2.00 bits per heavy atom. The van der Waals surface area contributed by atoms with Crippen LogP contribution in [0.15, 0.2) is 47.8 Å². The maximum Gasteiger partial charge on any atom is 0.220 e. The number of aryl methyl sites for hydroxylation is 1. The monoisotopic (exact) mass is 315 g/mol. The summed E-state index contributed by atoms with van der Waals surface area (Å²) in [6, 6.07) is 13.9. The number of aliphatic hydroxyl groups is 1. The van der Waals surface area contributed by atoms with Crippen LogP contribution in [0, 0.1) is 5.92 Å². The Balaban J connectivity index is 1.53. The molecule has 1 unspecified atom stereocenters. The summed E-state index contributed by atoms with van der Waals surface area (Å²) in [6.07, 6.45) is 3.26. The molecule has 1 fully saturated rings. The van der Waals surface area contributed by atoms with Crippen molar-refractivity contribution in [2.75, 3.05) is 6.54 Å². The van der Waals surface area contributed by atoms with E-state index in [4.69, 9.17) is 0 Å². The number of hydrogen-bond donors (Lipinski definition) is 2. The minimum absolute atomic E-state index is 0.000478. The summed E-state index contributed by atoms with van der Waals surface area (Å²) < 4.78 is 0. The van der Waals surface area contributed by atoms with Crippen molar-refractivity contribution in [3.8, 4) is 0 Å². The van der Waals surface area contributed by atoms with Crippen LogP contribution in [0.2, 0.25) is 0 Å². The standard InChI is InChI=1S/C18H21NO2S/c20-17(11-8-14-5-2-1-3-6-14)19-13-18(21,15-9-10-15)16-7-4-12-22-16/h1-7,12,15,21H,8-11,13H2,(H,19,20). The molecule has 1 aliphatic carbocycles. The SMILES string of the molecule is O=C(CCc1ccccc1)NCC(O)(c1cccs1)C1CC1. The van der Waals surface area contributed by atoms with Crippen molar-refractivity contribution in [2.45, 2.75) is 31.3 Å². The number of benzene rings is 1. The summed E-state index contributed by atoms with van der Waals surface area (Å²) >= 11 is 1.56. The molecule has 0 bridgehead atoms. The highest BCUT2D eigenvalue weighted by Crippen LogP contribution is 2.46. The predicted molar refractivity (Wildman–Crippen MR) is 88.7 cm³/mol. The molecule has 1 aliphatic rings. The van der Waals surface area contributed by atoms with E-state index in [2.05, 4.69) is 5.32 Å². The maximum atomic E-state index is 12.1. The molecular formula is C18H21NO2S. The Morgan fingerprint density at radius 1 is 1.23 bits per heavy atom. The van der Waals surface area contributed by atoms with Crippen LogP contribution in [0.3, 0.4) is 0 Å². The normalized spacial score (nSPS) is 17.0. The van der Waals surface area contributed by atoms with Gasteiger partial charge < -0.3 is 10.4 Å². The summed E-state index contributed by atoms with van der Waals surface area (Å²) in [6.45, 7) is 0.311. The zero-order valence-electron chi connectivity index (χ0n) is 12.5. The number of hydrogen-bond acceptors (Lipinski definition) is 3. The quantitative estimate of drug-likeness (QED) is 0.825. The van der Waals surface area contributed by atoms with Crippen LogP contribution in [-0.2, 0) is 16.8 Å². The molecule has 3 nitrogen and oxygen atoms in total. The lowest BCUT2D eigenvalue weighted by Gasteiger charge is -2.27. The molecule has 116 valence electrons. The maximum absolute atomic E-state index is 12.1. The van der Waals surface area contributed by atoms with E-state index in [-0.39, 0.29) is 11.8 Å². The molecule has 0 aliphatic heterocycles. The predicted octanol–water partition coefficient (Wildman–Crippen LogP) is 3.09. The van der Waals surface area contributed by atoms with E-state index < -0.39 is 5.60 Å². The van der Waals surface area contributed by atoms with Gasteiger partial charge in [0.05, 0.1) is 6.54 Å². The van der Waals surface area contributed by atoms with E-state index in [1.165, 1.54) is 0 Å². The topological polar surface area (TPSA) is 49.3 Å². The lowest BCUT2D eigenvalue weighted by atomic mass is 9.95. The average Bonchev–Trinajstić information content (AvgIpc) is 3.26.